The van der Waals surface area contributed by atoms with Crippen LogP contribution in [0.4, 0.5) is 0 Å². The molecule has 1 N–H and O–H groups in total. The van der Waals surface area contributed by atoms with E-state index in [1.807, 2.05) is 0 Å². The molecular formula is C13H19NO. The largest absolute Gasteiger partial charge is 0.385 e. The SMILES string of the molecule is COCCCc1ccc2c(c1)CNCC2. The number of fused-ring (bicyclic) bond motifs is 1. The van der Waals surface area contributed by atoms with E-state index in [1.54, 1.807) is 7.11 Å². The summed E-state index contributed by atoms with van der Waals surface area (Å²) >= 11 is 0. The Bertz CT molecular complexity index is 322. The Morgan fingerprint density at radius 3 is 3.13 bits per heavy atom. The third kappa shape index (κ3) is 2.80. The van der Waals surface area contributed by atoms with Gasteiger partial charge in [0.1, 0.15) is 0 Å². The molecule has 15 heavy (non-hydrogen) atoms. The van der Waals surface area contributed by atoms with Gasteiger partial charge in [-0.1, -0.05) is 18.2 Å². The Hall–Kier alpha value is -0.860. The topological polar surface area (TPSA) is 21.3 Å². The number of aryl methyl sites for hydroxylation is 1. The first kappa shape index (κ1) is 10.7. The highest BCUT2D eigenvalue weighted by molar-refractivity contribution is 5.33. The highest BCUT2D eigenvalue weighted by atomic mass is 16.5. The Balaban J connectivity index is 2.00. The van der Waals surface area contributed by atoms with Crippen LogP contribution in [-0.4, -0.2) is 20.3 Å². The highest BCUT2D eigenvalue weighted by Crippen LogP contribution is 2.16. The molecule has 1 aliphatic heterocycles. The van der Waals surface area contributed by atoms with Gasteiger partial charge in [-0.3, -0.25) is 0 Å². The molecule has 0 bridgehead atoms. The number of hydrogen-bond acceptors (Lipinski definition) is 2. The molecule has 0 atom stereocenters. The lowest BCUT2D eigenvalue weighted by atomic mass is 9.97. The van der Waals surface area contributed by atoms with E-state index in [-0.39, 0.29) is 0 Å². The van der Waals surface area contributed by atoms with Gasteiger partial charge in [0.15, 0.2) is 0 Å². The minimum Gasteiger partial charge on any atom is -0.385 e. The number of benzene rings is 1. The fourth-order valence-corrected chi connectivity index (χ4v) is 2.11. The highest BCUT2D eigenvalue weighted by Gasteiger charge is 2.08. The van der Waals surface area contributed by atoms with Gasteiger partial charge in [-0.2, -0.15) is 0 Å². The van der Waals surface area contributed by atoms with Crippen molar-refractivity contribution in [2.45, 2.75) is 25.8 Å². The zero-order chi connectivity index (χ0) is 10.5. The first-order chi connectivity index (χ1) is 7.40. The number of hydrogen-bond donors (Lipinski definition) is 1. The normalized spacial score (nSPS) is 15.0. The maximum absolute atomic E-state index is 5.06. The molecule has 1 aromatic rings. The molecule has 2 nitrogen and oxygen atoms in total. The Kier molecular flexibility index (Phi) is 3.75. The minimum atomic E-state index is 0.856. The zero-order valence-electron chi connectivity index (χ0n) is 9.38. The number of nitrogens with one attached hydrogen (secondary N) is 1. The van der Waals surface area contributed by atoms with Crippen LogP contribution >= 0.6 is 0 Å². The zero-order valence-corrected chi connectivity index (χ0v) is 9.38. The molecule has 0 amide bonds. The van der Waals surface area contributed by atoms with E-state index < -0.39 is 0 Å². The molecule has 1 aromatic carbocycles. The predicted molar refractivity (Wildman–Crippen MR) is 62.0 cm³/mol. The molecule has 0 aromatic heterocycles. The molecule has 1 aliphatic rings. The summed E-state index contributed by atoms with van der Waals surface area (Å²) in [6.45, 7) is 3.01. The lowest BCUT2D eigenvalue weighted by Crippen LogP contribution is -2.23. The van der Waals surface area contributed by atoms with E-state index in [1.165, 1.54) is 23.1 Å². The van der Waals surface area contributed by atoms with Crippen LogP contribution in [0.5, 0.6) is 0 Å². The van der Waals surface area contributed by atoms with Crippen molar-refractivity contribution in [1.29, 1.82) is 0 Å². The van der Waals surface area contributed by atoms with Crippen molar-refractivity contribution < 1.29 is 4.74 Å². The van der Waals surface area contributed by atoms with E-state index in [0.29, 0.717) is 0 Å². The lowest BCUT2D eigenvalue weighted by molar-refractivity contribution is 0.195. The van der Waals surface area contributed by atoms with E-state index in [0.717, 1.165) is 32.5 Å². The summed E-state index contributed by atoms with van der Waals surface area (Å²) < 4.78 is 5.06. The van der Waals surface area contributed by atoms with Crippen LogP contribution in [0.3, 0.4) is 0 Å². The maximum atomic E-state index is 5.06. The molecule has 2 rings (SSSR count). The quantitative estimate of drug-likeness (QED) is 0.758. The summed E-state index contributed by atoms with van der Waals surface area (Å²) in [5, 5.41) is 3.41. The first-order valence-corrected chi connectivity index (χ1v) is 5.70. The third-order valence-corrected chi connectivity index (χ3v) is 2.97. The lowest BCUT2D eigenvalue weighted by Gasteiger charge is -2.17. The van der Waals surface area contributed by atoms with Crippen molar-refractivity contribution in [2.75, 3.05) is 20.3 Å². The molecule has 1 heterocycles. The standard InChI is InChI=1S/C13H19NO/c1-15-8-2-3-11-4-5-12-6-7-14-10-13(12)9-11/h4-5,9,14H,2-3,6-8,10H2,1H3. The van der Waals surface area contributed by atoms with Crippen molar-refractivity contribution in [2.24, 2.45) is 0 Å². The molecule has 0 aliphatic carbocycles. The number of ether oxygens (including phenoxy) is 1. The molecule has 0 spiro atoms. The molecule has 82 valence electrons. The second-order valence-corrected chi connectivity index (χ2v) is 4.13. The molecule has 2 heteroatoms. The minimum absolute atomic E-state index is 0.856. The third-order valence-electron chi connectivity index (χ3n) is 2.97. The van der Waals surface area contributed by atoms with Crippen molar-refractivity contribution in [1.82, 2.24) is 5.32 Å². The molecule has 0 radical (unpaired) electrons. The van der Waals surface area contributed by atoms with Crippen molar-refractivity contribution >= 4 is 0 Å². The van der Waals surface area contributed by atoms with E-state index >= 15 is 0 Å². The molecule has 0 saturated carbocycles. The van der Waals surface area contributed by atoms with Crippen LogP contribution in [0.1, 0.15) is 23.1 Å². The fourth-order valence-electron chi connectivity index (χ4n) is 2.11. The smallest absolute Gasteiger partial charge is 0.0465 e. The summed E-state index contributed by atoms with van der Waals surface area (Å²) in [5.74, 6) is 0. The van der Waals surface area contributed by atoms with E-state index in [2.05, 4.69) is 23.5 Å². The van der Waals surface area contributed by atoms with Gasteiger partial charge in [-0.05, 0) is 42.5 Å². The summed E-state index contributed by atoms with van der Waals surface area (Å²) in [6.07, 6.45) is 3.41. The monoisotopic (exact) mass is 205 g/mol. The average molecular weight is 205 g/mol. The van der Waals surface area contributed by atoms with Crippen LogP contribution in [0, 0.1) is 0 Å². The van der Waals surface area contributed by atoms with Crippen molar-refractivity contribution in [3.05, 3.63) is 34.9 Å². The summed E-state index contributed by atoms with van der Waals surface area (Å²) in [4.78, 5) is 0. The van der Waals surface area contributed by atoms with Gasteiger partial charge < -0.3 is 10.1 Å². The van der Waals surface area contributed by atoms with Crippen LogP contribution in [0.25, 0.3) is 0 Å². The van der Waals surface area contributed by atoms with E-state index in [9.17, 15) is 0 Å². The van der Waals surface area contributed by atoms with Gasteiger partial charge in [-0.15, -0.1) is 0 Å². The van der Waals surface area contributed by atoms with Crippen LogP contribution in [0.15, 0.2) is 18.2 Å². The average Bonchev–Trinajstić information content (AvgIpc) is 2.29. The summed E-state index contributed by atoms with van der Waals surface area (Å²) in [7, 11) is 1.76. The van der Waals surface area contributed by atoms with Gasteiger partial charge in [-0.25, -0.2) is 0 Å². The Labute approximate surface area is 91.6 Å². The Morgan fingerprint density at radius 1 is 1.33 bits per heavy atom. The van der Waals surface area contributed by atoms with Gasteiger partial charge in [0.25, 0.3) is 0 Å². The fraction of sp³-hybridized carbons (Fsp3) is 0.538. The van der Waals surface area contributed by atoms with Crippen LogP contribution in [0.2, 0.25) is 0 Å². The van der Waals surface area contributed by atoms with Gasteiger partial charge in [0, 0.05) is 20.3 Å². The first-order valence-electron chi connectivity index (χ1n) is 5.70. The van der Waals surface area contributed by atoms with E-state index in [4.69, 9.17) is 4.74 Å². The van der Waals surface area contributed by atoms with Crippen LogP contribution < -0.4 is 5.32 Å². The van der Waals surface area contributed by atoms with Gasteiger partial charge in [0.05, 0.1) is 0 Å². The Morgan fingerprint density at radius 2 is 2.27 bits per heavy atom. The van der Waals surface area contributed by atoms with Gasteiger partial charge in [0.2, 0.25) is 0 Å². The van der Waals surface area contributed by atoms with Crippen molar-refractivity contribution in [3.8, 4) is 0 Å². The molecule has 0 saturated heterocycles. The second-order valence-electron chi connectivity index (χ2n) is 4.13. The van der Waals surface area contributed by atoms with Gasteiger partial charge >= 0.3 is 0 Å². The van der Waals surface area contributed by atoms with Crippen molar-refractivity contribution in [3.63, 3.8) is 0 Å². The maximum Gasteiger partial charge on any atom is 0.0465 e. The predicted octanol–water partition coefficient (Wildman–Crippen LogP) is 1.91. The summed E-state index contributed by atoms with van der Waals surface area (Å²) in [6, 6.07) is 6.90. The summed E-state index contributed by atoms with van der Waals surface area (Å²) in [5.41, 5.74) is 4.44. The molecular weight excluding hydrogens is 186 g/mol. The molecule has 0 unspecified atom stereocenters. The van der Waals surface area contributed by atoms with Crippen LogP contribution in [-0.2, 0) is 24.1 Å². The molecule has 0 fully saturated rings. The number of methoxy groups -OCH3 is 1. The second kappa shape index (κ2) is 5.29. The number of rotatable bonds is 4.